The van der Waals surface area contributed by atoms with Crippen LogP contribution in [0.25, 0.3) is 0 Å². The molecule has 4 rings (SSSR count). The zero-order valence-electron chi connectivity index (χ0n) is 17.0. The van der Waals surface area contributed by atoms with Crippen LogP contribution >= 0.6 is 39.9 Å². The Morgan fingerprint density at radius 1 is 1.28 bits per heavy atom. The number of aromatic nitrogens is 3. The third-order valence-electron chi connectivity index (χ3n) is 5.29. The van der Waals surface area contributed by atoms with Gasteiger partial charge in [0.15, 0.2) is 0 Å². The fourth-order valence-electron chi connectivity index (χ4n) is 3.52. The molecule has 2 aromatic carbocycles. The van der Waals surface area contributed by atoms with Crippen molar-refractivity contribution < 1.29 is 13.9 Å². The van der Waals surface area contributed by atoms with Gasteiger partial charge in [-0.25, -0.2) is 18.4 Å². The summed E-state index contributed by atoms with van der Waals surface area (Å²) in [6.07, 6.45) is 4.69. The lowest BCUT2D eigenvalue weighted by molar-refractivity contribution is -0.00746. The highest BCUT2D eigenvalue weighted by atomic mass is 79.9. The lowest BCUT2D eigenvalue weighted by Gasteiger charge is -2.36. The molecule has 0 aliphatic heterocycles. The van der Waals surface area contributed by atoms with E-state index in [-0.39, 0.29) is 24.7 Å². The van der Waals surface area contributed by atoms with E-state index in [1.165, 1.54) is 35.2 Å². The largest absolute Gasteiger partial charge is 0.381 e. The molecule has 5 nitrogen and oxygen atoms in total. The molecule has 1 aliphatic carbocycles. The molecule has 0 bridgehead atoms. The van der Waals surface area contributed by atoms with Gasteiger partial charge in [-0.1, -0.05) is 64.2 Å². The Kier molecular flexibility index (Phi) is 7.24. The van der Waals surface area contributed by atoms with Crippen molar-refractivity contribution in [1.82, 2.24) is 19.7 Å². The molecule has 1 aromatic heterocycles. The summed E-state index contributed by atoms with van der Waals surface area (Å²) in [5, 5.41) is 15.7. The number of hydrogen-bond acceptors (Lipinski definition) is 5. The van der Waals surface area contributed by atoms with E-state index >= 15 is 0 Å². The maximum atomic E-state index is 14.7. The Labute approximate surface area is 203 Å². The first-order valence-corrected chi connectivity index (χ1v) is 12.2. The zero-order chi connectivity index (χ0) is 22.7. The van der Waals surface area contributed by atoms with E-state index in [0.717, 1.165) is 35.0 Å². The van der Waals surface area contributed by atoms with Crippen LogP contribution < -0.4 is 0 Å². The van der Waals surface area contributed by atoms with Gasteiger partial charge < -0.3 is 10.0 Å². The van der Waals surface area contributed by atoms with Crippen molar-refractivity contribution in [1.29, 1.82) is 0 Å². The van der Waals surface area contributed by atoms with Crippen molar-refractivity contribution >= 4 is 44.2 Å². The summed E-state index contributed by atoms with van der Waals surface area (Å²) in [7, 11) is 0. The fourth-order valence-corrected chi connectivity index (χ4v) is 5.43. The first-order valence-electron chi connectivity index (χ1n) is 10.0. The fraction of sp³-hybridized carbons (Fsp3) is 0.318. The predicted octanol–water partition coefficient (Wildman–Crippen LogP) is 4.89. The number of benzene rings is 2. The summed E-state index contributed by atoms with van der Waals surface area (Å²) in [6, 6.07) is 11.3. The number of halogens is 3. The first-order chi connectivity index (χ1) is 15.4. The van der Waals surface area contributed by atoms with Crippen molar-refractivity contribution in [3.63, 3.8) is 0 Å². The number of hydrogen-bond donors (Lipinski definition) is 1. The molecule has 0 radical (unpaired) electrons. The van der Waals surface area contributed by atoms with Gasteiger partial charge in [0, 0.05) is 27.9 Å². The van der Waals surface area contributed by atoms with Crippen LogP contribution in [0.2, 0.25) is 0 Å². The van der Waals surface area contributed by atoms with Crippen LogP contribution in [0, 0.1) is 11.6 Å². The number of nitrogens with zero attached hydrogens (tertiary/aromatic N) is 4. The summed E-state index contributed by atoms with van der Waals surface area (Å²) in [5.74, 6) is -0.848. The van der Waals surface area contributed by atoms with E-state index in [2.05, 4.69) is 26.0 Å². The van der Waals surface area contributed by atoms with Crippen LogP contribution in [0.15, 0.2) is 59.6 Å². The number of thioether (sulfide) groups is 1. The molecular weight excluding hydrogens is 518 g/mol. The Morgan fingerprint density at radius 3 is 2.72 bits per heavy atom. The van der Waals surface area contributed by atoms with E-state index in [4.69, 9.17) is 12.2 Å². The van der Waals surface area contributed by atoms with Crippen LogP contribution in [0.4, 0.5) is 8.78 Å². The minimum absolute atomic E-state index is 0.00125. The summed E-state index contributed by atoms with van der Waals surface area (Å²) in [5.41, 5.74) is -0.580. The Morgan fingerprint density at radius 2 is 2.06 bits per heavy atom. The first kappa shape index (κ1) is 23.3. The van der Waals surface area contributed by atoms with Gasteiger partial charge in [0.05, 0.1) is 13.1 Å². The topological polar surface area (TPSA) is 54.2 Å². The molecule has 1 saturated carbocycles. The van der Waals surface area contributed by atoms with E-state index in [0.29, 0.717) is 10.1 Å². The summed E-state index contributed by atoms with van der Waals surface area (Å²) >= 11 is 10.8. The normalized spacial score (nSPS) is 15.4. The molecule has 168 valence electrons. The maximum Gasteiger partial charge on any atom is 0.137 e. The lowest BCUT2D eigenvalue weighted by atomic mass is 9.92. The van der Waals surface area contributed by atoms with Gasteiger partial charge in [-0.15, -0.1) is 0 Å². The molecule has 1 atom stereocenters. The average molecular weight is 539 g/mol. The molecule has 1 fully saturated rings. The highest BCUT2D eigenvalue weighted by Crippen LogP contribution is 2.36. The van der Waals surface area contributed by atoms with Gasteiger partial charge in [-0.05, 0) is 30.5 Å². The van der Waals surface area contributed by atoms with E-state index in [1.54, 1.807) is 0 Å². The molecule has 1 heterocycles. The highest BCUT2D eigenvalue weighted by Gasteiger charge is 2.41. The summed E-state index contributed by atoms with van der Waals surface area (Å²) in [6.45, 7) is 0.0121. The van der Waals surface area contributed by atoms with Gasteiger partial charge in [-0.3, -0.25) is 0 Å². The van der Waals surface area contributed by atoms with Crippen molar-refractivity contribution in [3.05, 3.63) is 82.4 Å². The van der Waals surface area contributed by atoms with Crippen molar-refractivity contribution in [3.8, 4) is 0 Å². The minimum Gasteiger partial charge on any atom is -0.381 e. The second-order valence-corrected chi connectivity index (χ2v) is 10.2. The third kappa shape index (κ3) is 5.54. The minimum atomic E-state index is -1.69. The van der Waals surface area contributed by atoms with Gasteiger partial charge >= 0.3 is 0 Å². The van der Waals surface area contributed by atoms with E-state index < -0.39 is 17.2 Å². The van der Waals surface area contributed by atoms with Crippen molar-refractivity contribution in [2.24, 2.45) is 0 Å². The molecule has 32 heavy (non-hydrogen) atoms. The molecule has 3 aromatic rings. The van der Waals surface area contributed by atoms with Crippen molar-refractivity contribution in [2.45, 2.75) is 36.8 Å². The maximum absolute atomic E-state index is 14.7. The van der Waals surface area contributed by atoms with Crippen LogP contribution in [0.3, 0.4) is 0 Å². The zero-order valence-corrected chi connectivity index (χ0v) is 20.2. The third-order valence-corrected chi connectivity index (χ3v) is 7.58. The number of thiocarbonyl (C=S) groups is 1. The van der Waals surface area contributed by atoms with Crippen LogP contribution in [0.1, 0.15) is 24.0 Å². The molecular formula is C22H21BrF2N4OS2. The molecule has 10 heteroatoms. The summed E-state index contributed by atoms with van der Waals surface area (Å²) < 4.78 is 31.4. The number of rotatable bonds is 8. The smallest absolute Gasteiger partial charge is 0.137 e. The molecule has 0 spiro atoms. The molecule has 1 N–H and O–H groups in total. The van der Waals surface area contributed by atoms with E-state index in [9.17, 15) is 13.9 Å². The number of aliphatic hydroxyl groups is 1. The van der Waals surface area contributed by atoms with Crippen LogP contribution in [-0.2, 0) is 17.9 Å². The highest BCUT2D eigenvalue weighted by molar-refractivity contribution is 9.10. The lowest BCUT2D eigenvalue weighted by Crippen LogP contribution is -2.46. The predicted molar refractivity (Wildman–Crippen MR) is 128 cm³/mol. The molecule has 0 saturated heterocycles. The summed E-state index contributed by atoms with van der Waals surface area (Å²) in [4.78, 5) is 5.86. The quantitative estimate of drug-likeness (QED) is 0.412. The van der Waals surface area contributed by atoms with Gasteiger partial charge in [0.1, 0.15) is 34.2 Å². The van der Waals surface area contributed by atoms with Crippen LogP contribution in [0.5, 0.6) is 0 Å². The second-order valence-electron chi connectivity index (χ2n) is 7.75. The van der Waals surface area contributed by atoms with Gasteiger partial charge in [0.25, 0.3) is 0 Å². The Hall–Kier alpha value is -1.88. The standard InChI is InChI=1S/C22H21BrF2N4OS2/c23-19-4-2-1-3-15(19)10-32-21(31)29(17-6-7-17)12-22(30,11-28-14-26-13-27-28)18-8-5-16(24)9-20(18)25/h1-5,8-9,13-14,17,30H,6-7,10-12H2. The molecule has 0 amide bonds. The average Bonchev–Trinajstić information content (AvgIpc) is 3.47. The Bertz CT molecular complexity index is 1100. The van der Waals surface area contributed by atoms with Crippen molar-refractivity contribution in [2.75, 3.05) is 6.54 Å². The molecule has 1 unspecified atom stereocenters. The SMILES string of the molecule is OC(CN(C(=S)SCc1ccccc1Br)C1CC1)(Cn1cncn1)c1ccc(F)cc1F. The van der Waals surface area contributed by atoms with Crippen LogP contribution in [-0.4, -0.2) is 41.7 Å². The van der Waals surface area contributed by atoms with Gasteiger partial charge in [0.2, 0.25) is 0 Å². The Balaban J connectivity index is 1.58. The second kappa shape index (κ2) is 9.94. The van der Waals surface area contributed by atoms with E-state index in [1.807, 2.05) is 29.2 Å². The molecule has 1 aliphatic rings. The van der Waals surface area contributed by atoms with Gasteiger partial charge in [-0.2, -0.15) is 5.10 Å². The monoisotopic (exact) mass is 538 g/mol.